The lowest BCUT2D eigenvalue weighted by atomic mass is 9.80. The average molecular weight is 1170 g/mol. The third kappa shape index (κ3) is 16.9. The number of anilines is 2. The number of allylic oxidation sites excluding steroid dienone is 1. The molecular formula is C51H62Cl3N7O14S2. The summed E-state index contributed by atoms with van der Waals surface area (Å²) in [5.41, 5.74) is 10.5. The number of benzene rings is 4. The van der Waals surface area contributed by atoms with E-state index >= 15 is 0 Å². The van der Waals surface area contributed by atoms with Crippen molar-refractivity contribution in [3.05, 3.63) is 140 Å². The van der Waals surface area contributed by atoms with Crippen LogP contribution in [-0.4, -0.2) is 117 Å². The average Bonchev–Trinajstić information content (AvgIpc) is 3.50. The number of fused-ring (bicyclic) bond motifs is 2. The van der Waals surface area contributed by atoms with Gasteiger partial charge in [0.05, 0.1) is 79.7 Å². The lowest BCUT2D eigenvalue weighted by molar-refractivity contribution is -0.146. The van der Waals surface area contributed by atoms with E-state index in [4.69, 9.17) is 53.0 Å². The second-order valence-electron chi connectivity index (χ2n) is 16.9. The van der Waals surface area contributed by atoms with Crippen molar-refractivity contribution in [2.75, 3.05) is 63.5 Å². The van der Waals surface area contributed by atoms with Crippen molar-refractivity contribution in [1.29, 1.82) is 0 Å². The summed E-state index contributed by atoms with van der Waals surface area (Å²) in [4.78, 5) is 63.4. The van der Waals surface area contributed by atoms with Gasteiger partial charge in [-0.05, 0) is 87.4 Å². The van der Waals surface area contributed by atoms with Gasteiger partial charge in [-0.3, -0.25) is 24.6 Å². The molecule has 4 aromatic carbocycles. The molecule has 0 saturated heterocycles. The van der Waals surface area contributed by atoms with Crippen LogP contribution in [0.5, 0.6) is 0 Å². The highest BCUT2D eigenvalue weighted by Crippen LogP contribution is 2.42. The Morgan fingerprint density at radius 2 is 1.58 bits per heavy atom. The van der Waals surface area contributed by atoms with Crippen LogP contribution in [-0.2, 0) is 75.8 Å². The Morgan fingerprint density at radius 3 is 2.22 bits per heavy atom. The van der Waals surface area contributed by atoms with E-state index in [0.29, 0.717) is 72.1 Å². The molecule has 7 rings (SSSR count). The monoisotopic (exact) mass is 1170 g/mol. The van der Waals surface area contributed by atoms with E-state index in [1.807, 2.05) is 42.5 Å². The minimum atomic E-state index is -4.07. The number of aryl methyl sites for hydroxylation is 2. The van der Waals surface area contributed by atoms with Gasteiger partial charge in [-0.15, -0.1) is 12.4 Å². The number of nitrogens with one attached hydrogen (secondary N) is 4. The number of primary sulfonamides is 1. The van der Waals surface area contributed by atoms with E-state index in [2.05, 4.69) is 20.7 Å². The van der Waals surface area contributed by atoms with Gasteiger partial charge in [-0.25, -0.2) is 31.6 Å². The number of rotatable bonds is 18. The van der Waals surface area contributed by atoms with Crippen molar-refractivity contribution in [2.45, 2.75) is 74.2 Å². The van der Waals surface area contributed by atoms with Gasteiger partial charge in [0.15, 0.2) is 0 Å². The van der Waals surface area contributed by atoms with Crippen LogP contribution in [0.1, 0.15) is 56.2 Å². The fraction of sp³-hybridized carbons (Fsp3) is 0.353. The normalized spacial score (nSPS) is 16.9. The molecule has 3 aliphatic heterocycles. The highest BCUT2D eigenvalue weighted by molar-refractivity contribution is 7.90. The number of dihydropyridines is 1. The van der Waals surface area contributed by atoms with Crippen molar-refractivity contribution in [2.24, 2.45) is 10.9 Å². The third-order valence-electron chi connectivity index (χ3n) is 11.8. The number of hydrogen-bond acceptors (Lipinski definition) is 17. The predicted octanol–water partition coefficient (Wildman–Crippen LogP) is 4.91. The van der Waals surface area contributed by atoms with E-state index < -0.39 is 73.4 Å². The van der Waals surface area contributed by atoms with Gasteiger partial charge < -0.3 is 40.4 Å². The molecule has 3 heterocycles. The number of esters is 3. The van der Waals surface area contributed by atoms with Crippen LogP contribution in [0.3, 0.4) is 0 Å². The summed E-state index contributed by atoms with van der Waals surface area (Å²) < 4.78 is 68.9. The number of para-hydroxylation sites is 1. The summed E-state index contributed by atoms with van der Waals surface area (Å²) in [5, 5.41) is 23.6. The summed E-state index contributed by atoms with van der Waals surface area (Å²) in [5.74, 6) is -3.70. The van der Waals surface area contributed by atoms with Gasteiger partial charge >= 0.3 is 23.9 Å². The largest absolute Gasteiger partial charge is 0.480 e. The topological polar surface area (TPSA) is 314 Å². The molecule has 4 aromatic rings. The number of carboxylic acids is 1. The quantitative estimate of drug-likeness (QED) is 0.0395. The maximum absolute atomic E-state index is 13.3. The highest BCUT2D eigenvalue weighted by Gasteiger charge is 2.40. The number of carbonyl (C=O) groups excluding carboxylic acids is 4. The van der Waals surface area contributed by atoms with Crippen LogP contribution in [0.2, 0.25) is 10.0 Å². The first kappa shape index (κ1) is 63.4. The molecule has 0 aliphatic carbocycles. The van der Waals surface area contributed by atoms with Gasteiger partial charge in [0.25, 0.3) is 0 Å². The van der Waals surface area contributed by atoms with E-state index in [9.17, 15) is 45.9 Å². The lowest BCUT2D eigenvalue weighted by Crippen LogP contribution is -2.53. The molecule has 0 saturated carbocycles. The summed E-state index contributed by atoms with van der Waals surface area (Å²) in [6, 6.07) is 25.0. The number of sulfonamides is 2. The maximum Gasteiger partial charge on any atom is 0.336 e. The van der Waals surface area contributed by atoms with Crippen molar-refractivity contribution >= 4 is 96.8 Å². The number of amides is 1. The Morgan fingerprint density at radius 1 is 0.922 bits per heavy atom. The number of hydrogen-bond donors (Lipinski definition) is 7. The van der Waals surface area contributed by atoms with Crippen LogP contribution >= 0.6 is 35.6 Å². The van der Waals surface area contributed by atoms with E-state index in [-0.39, 0.29) is 66.0 Å². The SMILES string of the molecule is CCOC(=O)C1=C(COCCN)NC(C)=C(C(=O)OC)C1c1ccccc1Cl.CCOC(=O)[C@H](CCc1ccccc1)N[C@H]1CCc2ccccc2N(CC(=O)O)C1=O.Cl.NS(=O)(=O)c1cc2c(cc1Cl)NCNS2(=O)=O. The van der Waals surface area contributed by atoms with Crippen LogP contribution in [0.15, 0.2) is 123 Å². The Balaban J connectivity index is 0.000000257. The summed E-state index contributed by atoms with van der Waals surface area (Å²) in [6.07, 6.45) is 2.19. The second kappa shape index (κ2) is 29.6. The minimum Gasteiger partial charge on any atom is -0.480 e. The number of ether oxygens (including phenoxy) is 4. The molecule has 77 heavy (non-hydrogen) atoms. The zero-order valence-corrected chi connectivity index (χ0v) is 46.5. The predicted molar refractivity (Wildman–Crippen MR) is 291 cm³/mol. The smallest absolute Gasteiger partial charge is 0.336 e. The highest BCUT2D eigenvalue weighted by atomic mass is 35.5. The Labute approximate surface area is 463 Å². The molecule has 3 atom stereocenters. The summed E-state index contributed by atoms with van der Waals surface area (Å²) in [6.45, 7) is 5.99. The molecule has 26 heteroatoms. The van der Waals surface area contributed by atoms with Crippen molar-refractivity contribution < 1.29 is 64.9 Å². The number of nitrogens with two attached hydrogens (primary N) is 2. The van der Waals surface area contributed by atoms with Crippen LogP contribution in [0, 0.1) is 0 Å². The van der Waals surface area contributed by atoms with Crippen molar-refractivity contribution in [3.63, 3.8) is 0 Å². The second-order valence-corrected chi connectivity index (χ2v) is 21.0. The van der Waals surface area contributed by atoms with E-state index in [1.54, 1.807) is 57.2 Å². The van der Waals surface area contributed by atoms with Crippen molar-refractivity contribution in [3.8, 4) is 0 Å². The van der Waals surface area contributed by atoms with Gasteiger partial charge in [0, 0.05) is 23.0 Å². The molecule has 1 amide bonds. The Bertz CT molecular complexity index is 3060. The van der Waals surface area contributed by atoms with Crippen LogP contribution in [0.4, 0.5) is 11.4 Å². The fourth-order valence-electron chi connectivity index (χ4n) is 8.42. The molecule has 418 valence electrons. The standard InChI is InChI=1S/C24H28N2O5.C20H25ClN2O5.C7H8ClN3O4S2.ClH/c1-2-31-24(30)20(14-12-17-8-4-3-5-9-17)25-19-15-13-18-10-6-7-11-21(18)26(23(19)29)16-22(27)28;1-4-28-20(25)18-15(11-27-10-9-22)23-12(2)16(19(24)26-3)17(18)13-7-5-6-8-14(13)21;8-4-1-5-7(2-6(4)16(9,12)13)17(14,15)11-3-10-5;/h3-11,19-20,25H,2,12-16H2,1H3,(H,27,28);5-8,17,23H,4,9-11,22H2,1-3H3;1-2,10-11H,3H2,(H2,9,12,13);1H/t19-,20-;;;/m0.../s1. The lowest BCUT2D eigenvalue weighted by Gasteiger charge is -2.31. The number of nitrogens with zero attached hydrogens (tertiary/aromatic N) is 1. The van der Waals surface area contributed by atoms with E-state index in [0.717, 1.165) is 17.2 Å². The Hall–Kier alpha value is -6.12. The zero-order chi connectivity index (χ0) is 55.7. The molecule has 0 fully saturated rings. The first-order valence-corrected chi connectivity index (χ1v) is 27.6. The molecule has 1 unspecified atom stereocenters. The van der Waals surface area contributed by atoms with Gasteiger partial charge in [-0.2, -0.15) is 4.72 Å². The molecule has 0 radical (unpaired) electrons. The molecule has 3 aliphatic rings. The number of methoxy groups -OCH3 is 1. The van der Waals surface area contributed by atoms with Gasteiger partial charge in [0.1, 0.15) is 22.4 Å². The van der Waals surface area contributed by atoms with Crippen LogP contribution < -0.4 is 36.4 Å². The third-order valence-corrected chi connectivity index (χ3v) is 15.0. The van der Waals surface area contributed by atoms with Crippen LogP contribution in [0.25, 0.3) is 0 Å². The minimum absolute atomic E-state index is 0. The molecule has 9 N–H and O–H groups in total. The first-order chi connectivity index (χ1) is 36.2. The van der Waals surface area contributed by atoms with Gasteiger partial charge in [-0.1, -0.05) is 89.9 Å². The number of halogens is 3. The molecule has 0 bridgehead atoms. The fourth-order valence-corrected chi connectivity index (χ4v) is 10.9. The van der Waals surface area contributed by atoms with Gasteiger partial charge in [0.2, 0.25) is 26.0 Å². The number of carbonyl (C=O) groups is 5. The summed E-state index contributed by atoms with van der Waals surface area (Å²) >= 11 is 12.1. The Kier molecular flexibility index (Phi) is 24.4. The molecule has 21 nitrogen and oxygen atoms in total. The van der Waals surface area contributed by atoms with Crippen molar-refractivity contribution in [1.82, 2.24) is 15.4 Å². The number of aliphatic carboxylic acids is 1. The first-order valence-electron chi connectivity index (χ1n) is 23.8. The molecule has 0 aromatic heterocycles. The molecule has 0 spiro atoms. The summed E-state index contributed by atoms with van der Waals surface area (Å²) in [7, 11) is -6.51. The number of carboxylic acid groups (broad SMARTS) is 1. The van der Waals surface area contributed by atoms with E-state index in [1.165, 1.54) is 18.1 Å². The zero-order valence-electron chi connectivity index (χ0n) is 42.5. The maximum atomic E-state index is 13.3. The molecular weight excluding hydrogens is 1110 g/mol.